The Kier molecular flexibility index (Phi) is 3.54. The molecule has 0 saturated carbocycles. The minimum absolute atomic E-state index is 0.883. The Bertz CT molecular complexity index is 1100. The number of imidazole rings is 1. The van der Waals surface area contributed by atoms with E-state index in [1.54, 1.807) is 11.3 Å². The maximum Gasteiger partial charge on any atom is 0.302 e. The molecule has 5 nitrogen and oxygen atoms in total. The zero-order valence-electron chi connectivity index (χ0n) is 13.8. The molecular formula is C18H18N5S+. The van der Waals surface area contributed by atoms with Crippen LogP contribution in [0.4, 0.5) is 0 Å². The van der Waals surface area contributed by atoms with Crippen molar-refractivity contribution in [1.29, 1.82) is 0 Å². The molecule has 0 N–H and O–H groups in total. The zero-order valence-corrected chi connectivity index (χ0v) is 14.7. The lowest BCUT2D eigenvalue weighted by Gasteiger charge is -1.92. The van der Waals surface area contributed by atoms with Crippen LogP contribution in [0.5, 0.6) is 0 Å². The van der Waals surface area contributed by atoms with Gasteiger partial charge in [0.2, 0.25) is 4.80 Å². The summed E-state index contributed by atoms with van der Waals surface area (Å²) < 4.78 is 7.53. The molecule has 4 rings (SSSR count). The first-order chi connectivity index (χ1) is 11.7. The third-order valence-corrected chi connectivity index (χ3v) is 5.43. The van der Waals surface area contributed by atoms with E-state index < -0.39 is 0 Å². The van der Waals surface area contributed by atoms with E-state index in [1.165, 1.54) is 21.3 Å². The Morgan fingerprint density at radius 2 is 1.67 bits per heavy atom. The van der Waals surface area contributed by atoms with Crippen molar-refractivity contribution < 1.29 is 4.57 Å². The van der Waals surface area contributed by atoms with E-state index in [9.17, 15) is 0 Å². The smallest absolute Gasteiger partial charge is 0.302 e. The highest BCUT2D eigenvalue weighted by Crippen LogP contribution is 2.15. The number of aryl methyl sites for hydroxylation is 3. The van der Waals surface area contributed by atoms with Crippen molar-refractivity contribution in [3.8, 4) is 0 Å². The number of rotatable bonds is 2. The van der Waals surface area contributed by atoms with Gasteiger partial charge >= 0.3 is 5.82 Å². The van der Waals surface area contributed by atoms with E-state index in [1.807, 2.05) is 51.6 Å². The van der Waals surface area contributed by atoms with Gasteiger partial charge in [-0.1, -0.05) is 35.6 Å². The summed E-state index contributed by atoms with van der Waals surface area (Å²) in [5.74, 6) is 1.00. The maximum atomic E-state index is 4.41. The maximum absolute atomic E-state index is 4.41. The van der Waals surface area contributed by atoms with Gasteiger partial charge in [-0.2, -0.15) is 0 Å². The highest BCUT2D eigenvalue weighted by atomic mass is 32.1. The van der Waals surface area contributed by atoms with Gasteiger partial charge in [0.15, 0.2) is 11.0 Å². The van der Waals surface area contributed by atoms with E-state index in [-0.39, 0.29) is 0 Å². The van der Waals surface area contributed by atoms with Crippen molar-refractivity contribution in [2.24, 2.45) is 31.3 Å². The summed E-state index contributed by atoms with van der Waals surface area (Å²) in [4.78, 5) is 0.883. The van der Waals surface area contributed by atoms with Gasteiger partial charge in [0.1, 0.15) is 6.21 Å². The van der Waals surface area contributed by atoms with Crippen LogP contribution >= 0.6 is 11.3 Å². The Balaban J connectivity index is 1.79. The lowest BCUT2D eigenvalue weighted by molar-refractivity contribution is -0.646. The molecule has 0 unspecified atom stereocenters. The second kappa shape index (κ2) is 5.72. The minimum Gasteiger partial charge on any atom is -0.318 e. The van der Waals surface area contributed by atoms with Gasteiger partial charge in [-0.3, -0.25) is 0 Å². The third-order valence-electron chi connectivity index (χ3n) is 4.32. The average molecular weight is 336 g/mol. The van der Waals surface area contributed by atoms with Crippen LogP contribution in [0.25, 0.3) is 21.3 Å². The number of aromatic nitrogens is 3. The van der Waals surface area contributed by atoms with Crippen molar-refractivity contribution in [1.82, 2.24) is 9.13 Å². The average Bonchev–Trinajstić information content (AvgIpc) is 3.05. The fraction of sp³-hybridized carbons (Fsp3) is 0.167. The summed E-state index contributed by atoms with van der Waals surface area (Å²) in [6.07, 6.45) is 1.81. The predicted octanol–water partition coefficient (Wildman–Crippen LogP) is 2.49. The monoisotopic (exact) mass is 336 g/mol. The summed E-state index contributed by atoms with van der Waals surface area (Å²) >= 11 is 1.64. The SMILES string of the molecule is Cn1c(/C=N\N=c2/sc3ccccc3n2C)[n+](C)c2ccccc21. The van der Waals surface area contributed by atoms with Gasteiger partial charge in [0, 0.05) is 7.05 Å². The van der Waals surface area contributed by atoms with Crippen molar-refractivity contribution >= 4 is 38.8 Å². The van der Waals surface area contributed by atoms with Crippen LogP contribution in [-0.4, -0.2) is 15.3 Å². The topological polar surface area (TPSA) is 38.5 Å². The summed E-state index contributed by atoms with van der Waals surface area (Å²) in [6, 6.07) is 16.6. The summed E-state index contributed by atoms with van der Waals surface area (Å²) in [5, 5.41) is 8.75. The third kappa shape index (κ3) is 2.27. The number of benzene rings is 2. The Hall–Kier alpha value is -2.73. The molecule has 0 aliphatic carbocycles. The summed E-state index contributed by atoms with van der Waals surface area (Å²) in [5.41, 5.74) is 3.52. The molecule has 6 heteroatoms. The molecule has 0 fully saturated rings. The lowest BCUT2D eigenvalue weighted by Crippen LogP contribution is -2.32. The Labute approximate surface area is 143 Å². The molecule has 0 bridgehead atoms. The quantitative estimate of drug-likeness (QED) is 0.306. The molecule has 2 aromatic heterocycles. The number of nitrogens with zero attached hydrogens (tertiary/aromatic N) is 5. The molecule has 24 heavy (non-hydrogen) atoms. The second-order valence-corrected chi connectivity index (χ2v) is 6.73. The number of hydrogen-bond donors (Lipinski definition) is 0. The number of fused-ring (bicyclic) bond motifs is 2. The van der Waals surface area contributed by atoms with E-state index in [0.29, 0.717) is 0 Å². The van der Waals surface area contributed by atoms with E-state index in [0.717, 1.165) is 10.6 Å². The van der Waals surface area contributed by atoms with E-state index >= 15 is 0 Å². The number of thiazole rings is 1. The van der Waals surface area contributed by atoms with Gasteiger partial charge in [-0.15, -0.1) is 10.2 Å². The molecule has 0 atom stereocenters. The highest BCUT2D eigenvalue weighted by Gasteiger charge is 2.17. The van der Waals surface area contributed by atoms with Crippen molar-refractivity contribution in [3.63, 3.8) is 0 Å². The highest BCUT2D eigenvalue weighted by molar-refractivity contribution is 7.16. The van der Waals surface area contributed by atoms with Crippen LogP contribution in [0.1, 0.15) is 5.82 Å². The normalized spacial score (nSPS) is 12.9. The fourth-order valence-electron chi connectivity index (χ4n) is 2.98. The van der Waals surface area contributed by atoms with Crippen LogP contribution in [0.15, 0.2) is 58.7 Å². The first kappa shape index (κ1) is 14.8. The van der Waals surface area contributed by atoms with E-state index in [2.05, 4.69) is 48.2 Å². The molecule has 0 radical (unpaired) electrons. The molecule has 0 aliphatic rings. The standard InChI is InChI=1S/C18H18N5S/c1-21-13-8-4-5-9-14(13)22(2)17(21)12-19-20-18-23(3)15-10-6-7-11-16(15)24-18/h4-12H,1-3H3/q+1. The fourth-order valence-corrected chi connectivity index (χ4v) is 3.96. The van der Waals surface area contributed by atoms with Crippen LogP contribution in [-0.2, 0) is 21.1 Å². The number of para-hydroxylation sites is 3. The predicted molar refractivity (Wildman–Crippen MR) is 98.0 cm³/mol. The zero-order chi connectivity index (χ0) is 16.7. The number of hydrogen-bond acceptors (Lipinski definition) is 3. The van der Waals surface area contributed by atoms with Gasteiger partial charge in [-0.25, -0.2) is 9.13 Å². The van der Waals surface area contributed by atoms with Crippen molar-refractivity contribution in [2.75, 3.05) is 0 Å². The molecule has 120 valence electrons. The summed E-state index contributed by atoms with van der Waals surface area (Å²) in [6.45, 7) is 0. The molecule has 2 aromatic carbocycles. The summed E-state index contributed by atoms with van der Waals surface area (Å²) in [7, 11) is 6.11. The van der Waals surface area contributed by atoms with Crippen molar-refractivity contribution in [2.45, 2.75) is 0 Å². The molecule has 0 aliphatic heterocycles. The Morgan fingerprint density at radius 3 is 2.42 bits per heavy atom. The first-order valence-corrected chi connectivity index (χ1v) is 8.53. The van der Waals surface area contributed by atoms with Crippen LogP contribution in [0.2, 0.25) is 0 Å². The molecule has 0 amide bonds. The molecule has 2 heterocycles. The van der Waals surface area contributed by atoms with Crippen LogP contribution < -0.4 is 9.37 Å². The minimum atomic E-state index is 0.883. The lowest BCUT2D eigenvalue weighted by atomic mass is 10.3. The van der Waals surface area contributed by atoms with Gasteiger partial charge in [-0.05, 0) is 24.3 Å². The molecule has 4 aromatic rings. The molecule has 0 saturated heterocycles. The largest absolute Gasteiger partial charge is 0.318 e. The Morgan fingerprint density at radius 1 is 0.958 bits per heavy atom. The van der Waals surface area contributed by atoms with E-state index in [4.69, 9.17) is 0 Å². The van der Waals surface area contributed by atoms with Crippen LogP contribution in [0, 0.1) is 0 Å². The first-order valence-electron chi connectivity index (χ1n) is 7.72. The van der Waals surface area contributed by atoms with Crippen LogP contribution in [0.3, 0.4) is 0 Å². The van der Waals surface area contributed by atoms with Crippen molar-refractivity contribution in [3.05, 3.63) is 59.2 Å². The molecule has 0 spiro atoms. The van der Waals surface area contributed by atoms with Gasteiger partial charge < -0.3 is 4.57 Å². The van der Waals surface area contributed by atoms with Gasteiger partial charge in [0.05, 0.1) is 24.3 Å². The van der Waals surface area contributed by atoms with Gasteiger partial charge in [0.25, 0.3) is 0 Å². The second-order valence-electron chi connectivity index (χ2n) is 5.72. The molecular weight excluding hydrogens is 318 g/mol.